The van der Waals surface area contributed by atoms with Gasteiger partial charge in [-0.2, -0.15) is 0 Å². The minimum Gasteiger partial charge on any atom is -0.353 e. The van der Waals surface area contributed by atoms with E-state index in [0.717, 1.165) is 0 Å². The highest BCUT2D eigenvalue weighted by atomic mass is 35.5. The van der Waals surface area contributed by atoms with Crippen LogP contribution >= 0.6 is 12.4 Å². The van der Waals surface area contributed by atoms with Gasteiger partial charge in [-0.05, 0) is 37.2 Å². The van der Waals surface area contributed by atoms with Gasteiger partial charge in [-0.1, -0.05) is 13.8 Å². The zero-order chi connectivity index (χ0) is 15.8. The molecule has 0 saturated carbocycles. The maximum absolute atomic E-state index is 12.8. The van der Waals surface area contributed by atoms with Gasteiger partial charge >= 0.3 is 0 Å². The molecule has 0 aliphatic carbocycles. The Balaban J connectivity index is 0.00000441. The Morgan fingerprint density at radius 2 is 1.73 bits per heavy atom. The normalized spacial score (nSPS) is 11.5. The molecule has 1 aromatic rings. The second kappa shape index (κ2) is 10.1. The van der Waals surface area contributed by atoms with Gasteiger partial charge in [-0.15, -0.1) is 12.4 Å². The van der Waals surface area contributed by atoms with Crippen molar-refractivity contribution in [1.82, 2.24) is 16.0 Å². The molecule has 7 heteroatoms. The molecule has 0 heterocycles. The van der Waals surface area contributed by atoms with Crippen molar-refractivity contribution in [3.05, 3.63) is 35.6 Å². The molecule has 0 fully saturated rings. The third-order valence-electron chi connectivity index (χ3n) is 3.02. The summed E-state index contributed by atoms with van der Waals surface area (Å²) in [5, 5.41) is 8.37. The van der Waals surface area contributed by atoms with Gasteiger partial charge in [-0.25, -0.2) is 4.39 Å². The van der Waals surface area contributed by atoms with Crippen LogP contribution in [0.25, 0.3) is 0 Å². The number of benzene rings is 1. The number of carbonyl (C=O) groups is 2. The molecule has 3 N–H and O–H groups in total. The number of hydrogen-bond acceptors (Lipinski definition) is 3. The average Bonchev–Trinajstić information content (AvgIpc) is 2.45. The van der Waals surface area contributed by atoms with Gasteiger partial charge in [0.1, 0.15) is 11.9 Å². The summed E-state index contributed by atoms with van der Waals surface area (Å²) in [5.41, 5.74) is 0.324. The van der Waals surface area contributed by atoms with Gasteiger partial charge in [0.25, 0.3) is 5.91 Å². The lowest BCUT2D eigenvalue weighted by atomic mass is 10.0. The zero-order valence-corrected chi connectivity index (χ0v) is 13.8. The quantitative estimate of drug-likeness (QED) is 0.660. The Bertz CT molecular complexity index is 480. The molecule has 0 aliphatic rings. The number of likely N-dealkylation sites (N-methyl/N-ethyl adjacent to an activating group) is 1. The fourth-order valence-corrected chi connectivity index (χ4v) is 1.78. The summed E-state index contributed by atoms with van der Waals surface area (Å²) in [6.45, 7) is 4.86. The number of carbonyl (C=O) groups excluding carboxylic acids is 2. The van der Waals surface area contributed by atoms with Gasteiger partial charge in [0.05, 0.1) is 0 Å². The Kier molecular flexibility index (Phi) is 9.37. The summed E-state index contributed by atoms with van der Waals surface area (Å²) in [7, 11) is 1.79. The van der Waals surface area contributed by atoms with Gasteiger partial charge in [0.15, 0.2) is 0 Å². The maximum Gasteiger partial charge on any atom is 0.251 e. The highest BCUT2D eigenvalue weighted by Crippen LogP contribution is 2.06. The fraction of sp³-hybridized carbons (Fsp3) is 0.467. The van der Waals surface area contributed by atoms with Crippen molar-refractivity contribution >= 4 is 24.2 Å². The highest BCUT2D eigenvalue weighted by Gasteiger charge is 2.24. The van der Waals surface area contributed by atoms with Crippen molar-refractivity contribution in [2.24, 2.45) is 5.92 Å². The van der Waals surface area contributed by atoms with Crippen molar-refractivity contribution in [1.29, 1.82) is 0 Å². The smallest absolute Gasteiger partial charge is 0.251 e. The molecule has 1 aromatic carbocycles. The van der Waals surface area contributed by atoms with Gasteiger partial charge in [-0.3, -0.25) is 9.59 Å². The lowest BCUT2D eigenvalue weighted by Crippen LogP contribution is -2.50. The SMILES string of the molecule is CNCCNC(=O)C(NC(=O)c1ccc(F)cc1)C(C)C.Cl. The van der Waals surface area contributed by atoms with Crippen molar-refractivity contribution in [2.75, 3.05) is 20.1 Å². The van der Waals surface area contributed by atoms with E-state index in [1.807, 2.05) is 13.8 Å². The minimum atomic E-state index is -0.626. The average molecular weight is 332 g/mol. The van der Waals surface area contributed by atoms with E-state index in [4.69, 9.17) is 0 Å². The summed E-state index contributed by atoms with van der Waals surface area (Å²) in [4.78, 5) is 24.1. The number of rotatable bonds is 7. The molecule has 0 aliphatic heterocycles. The van der Waals surface area contributed by atoms with Crippen LogP contribution in [0.4, 0.5) is 4.39 Å². The molecule has 1 atom stereocenters. The van der Waals surface area contributed by atoms with Crippen LogP contribution in [0.3, 0.4) is 0 Å². The molecule has 2 amide bonds. The van der Waals surface area contributed by atoms with Crippen LogP contribution in [-0.2, 0) is 4.79 Å². The molecule has 124 valence electrons. The molecule has 0 radical (unpaired) electrons. The number of hydrogen-bond donors (Lipinski definition) is 3. The third kappa shape index (κ3) is 6.41. The summed E-state index contributed by atoms with van der Waals surface area (Å²) in [5.74, 6) is -1.08. The van der Waals surface area contributed by atoms with Crippen LogP contribution in [0.15, 0.2) is 24.3 Å². The molecule has 1 rings (SSSR count). The van der Waals surface area contributed by atoms with Crippen LogP contribution in [-0.4, -0.2) is 38.0 Å². The molecule has 0 aromatic heterocycles. The Morgan fingerprint density at radius 1 is 1.14 bits per heavy atom. The van der Waals surface area contributed by atoms with Crippen molar-refractivity contribution in [3.8, 4) is 0 Å². The summed E-state index contributed by atoms with van der Waals surface area (Å²) >= 11 is 0. The van der Waals surface area contributed by atoms with E-state index in [9.17, 15) is 14.0 Å². The first-order chi connectivity index (χ1) is 9.95. The molecule has 1 unspecified atom stereocenters. The molecule has 0 spiro atoms. The van der Waals surface area contributed by atoms with Gasteiger partial charge < -0.3 is 16.0 Å². The van der Waals surface area contributed by atoms with Gasteiger partial charge in [0, 0.05) is 18.7 Å². The zero-order valence-electron chi connectivity index (χ0n) is 13.0. The van der Waals surface area contributed by atoms with E-state index in [0.29, 0.717) is 18.7 Å². The molecule has 5 nitrogen and oxygen atoms in total. The first-order valence-corrected chi connectivity index (χ1v) is 6.94. The van der Waals surface area contributed by atoms with Crippen LogP contribution in [0, 0.1) is 11.7 Å². The predicted octanol–water partition coefficient (Wildman–Crippen LogP) is 1.34. The predicted molar refractivity (Wildman–Crippen MR) is 86.7 cm³/mol. The standard InChI is InChI=1S/C15H22FN3O2.ClH/c1-10(2)13(15(21)18-9-8-17-3)19-14(20)11-4-6-12(16)7-5-11;/h4-7,10,13,17H,8-9H2,1-3H3,(H,18,21)(H,19,20);1H. The summed E-state index contributed by atoms with van der Waals surface area (Å²) in [6, 6.07) is 4.58. The van der Waals surface area contributed by atoms with Crippen LogP contribution in [0.2, 0.25) is 0 Å². The summed E-state index contributed by atoms with van der Waals surface area (Å²) in [6.07, 6.45) is 0. The Morgan fingerprint density at radius 3 is 2.23 bits per heavy atom. The van der Waals surface area contributed by atoms with E-state index in [1.54, 1.807) is 7.05 Å². The fourth-order valence-electron chi connectivity index (χ4n) is 1.78. The minimum absolute atomic E-state index is 0. The largest absolute Gasteiger partial charge is 0.353 e. The molecular formula is C15H23ClFN3O2. The number of halogens is 2. The van der Waals surface area contributed by atoms with Crippen molar-refractivity contribution in [3.63, 3.8) is 0 Å². The Labute approximate surface area is 136 Å². The lowest BCUT2D eigenvalue weighted by molar-refractivity contribution is -0.123. The second-order valence-corrected chi connectivity index (χ2v) is 5.10. The first kappa shape index (κ1) is 20.3. The van der Waals surface area contributed by atoms with Crippen molar-refractivity contribution in [2.45, 2.75) is 19.9 Å². The van der Waals surface area contributed by atoms with Gasteiger partial charge in [0.2, 0.25) is 5.91 Å². The van der Waals surface area contributed by atoms with E-state index in [-0.39, 0.29) is 24.2 Å². The van der Waals surface area contributed by atoms with Crippen LogP contribution in [0.5, 0.6) is 0 Å². The monoisotopic (exact) mass is 331 g/mol. The van der Waals surface area contributed by atoms with E-state index in [2.05, 4.69) is 16.0 Å². The maximum atomic E-state index is 12.8. The van der Waals surface area contributed by atoms with E-state index < -0.39 is 17.8 Å². The number of amides is 2. The topological polar surface area (TPSA) is 70.2 Å². The first-order valence-electron chi connectivity index (χ1n) is 6.94. The Hall–Kier alpha value is -1.66. The number of nitrogens with one attached hydrogen (secondary N) is 3. The second-order valence-electron chi connectivity index (χ2n) is 5.10. The van der Waals surface area contributed by atoms with Crippen LogP contribution in [0.1, 0.15) is 24.2 Å². The molecule has 0 saturated heterocycles. The van der Waals surface area contributed by atoms with E-state index >= 15 is 0 Å². The van der Waals surface area contributed by atoms with Crippen molar-refractivity contribution < 1.29 is 14.0 Å². The third-order valence-corrected chi connectivity index (χ3v) is 3.02. The van der Waals surface area contributed by atoms with Crippen LogP contribution < -0.4 is 16.0 Å². The molecule has 22 heavy (non-hydrogen) atoms. The highest BCUT2D eigenvalue weighted by molar-refractivity contribution is 5.97. The molecule has 0 bridgehead atoms. The lowest BCUT2D eigenvalue weighted by Gasteiger charge is -2.21. The van der Waals surface area contributed by atoms with E-state index in [1.165, 1.54) is 24.3 Å². The summed E-state index contributed by atoms with van der Waals surface area (Å²) < 4.78 is 12.8. The molecular weight excluding hydrogens is 309 g/mol.